The van der Waals surface area contributed by atoms with Crippen LogP contribution in [0, 0.1) is 0 Å². The number of halogens is 1. The lowest BCUT2D eigenvalue weighted by molar-refractivity contribution is 0.354. The van der Waals surface area contributed by atoms with Gasteiger partial charge in [-0.05, 0) is 18.1 Å². The van der Waals surface area contributed by atoms with Crippen molar-refractivity contribution >= 4 is 21.4 Å². The van der Waals surface area contributed by atoms with Gasteiger partial charge in [0.05, 0.1) is 30.7 Å². The van der Waals surface area contributed by atoms with E-state index in [4.69, 9.17) is 21.1 Å². The maximum absolute atomic E-state index is 11.4. The number of rotatable bonds is 5. The second kappa shape index (κ2) is 6.20. The highest BCUT2D eigenvalue weighted by atomic mass is 35.5. The molecule has 1 aliphatic heterocycles. The molecule has 0 radical (unpaired) electrons. The molecule has 1 aromatic carbocycles. The fourth-order valence-corrected chi connectivity index (χ4v) is 4.28. The van der Waals surface area contributed by atoms with E-state index < -0.39 is 9.84 Å². The Morgan fingerprint density at radius 2 is 2.10 bits per heavy atom. The maximum Gasteiger partial charge on any atom is 0.179 e. The van der Waals surface area contributed by atoms with Crippen molar-refractivity contribution in [1.29, 1.82) is 0 Å². The van der Waals surface area contributed by atoms with E-state index in [0.29, 0.717) is 29.5 Å². The van der Waals surface area contributed by atoms with Crippen LogP contribution in [0.1, 0.15) is 12.0 Å². The molecule has 0 unspecified atom stereocenters. The molecular formula is C13H18ClNO4S. The monoisotopic (exact) mass is 319 g/mol. The van der Waals surface area contributed by atoms with Gasteiger partial charge in [-0.25, -0.2) is 8.42 Å². The Morgan fingerprint density at radius 1 is 1.35 bits per heavy atom. The van der Waals surface area contributed by atoms with Crippen LogP contribution in [0.15, 0.2) is 12.1 Å². The van der Waals surface area contributed by atoms with Crippen molar-refractivity contribution in [3.05, 3.63) is 22.7 Å². The average molecular weight is 320 g/mol. The van der Waals surface area contributed by atoms with Crippen molar-refractivity contribution in [2.24, 2.45) is 0 Å². The standard InChI is InChI=1S/C13H18ClNO4S/c1-18-11-4-3-9(12(14)13(11)19-2)7-15-10-5-6-20(16,17)8-10/h3-4,10,15H,5-8H2,1-2H3/t10-/m1/s1. The van der Waals surface area contributed by atoms with Gasteiger partial charge in [-0.3, -0.25) is 0 Å². The van der Waals surface area contributed by atoms with Gasteiger partial charge in [-0.1, -0.05) is 17.7 Å². The highest BCUT2D eigenvalue weighted by Gasteiger charge is 2.27. The summed E-state index contributed by atoms with van der Waals surface area (Å²) < 4.78 is 33.2. The van der Waals surface area contributed by atoms with Crippen molar-refractivity contribution in [1.82, 2.24) is 5.32 Å². The summed E-state index contributed by atoms with van der Waals surface area (Å²) in [5.74, 6) is 1.51. The quantitative estimate of drug-likeness (QED) is 0.893. The lowest BCUT2D eigenvalue weighted by atomic mass is 10.1. The molecular weight excluding hydrogens is 302 g/mol. The van der Waals surface area contributed by atoms with E-state index in [1.165, 1.54) is 7.11 Å². The second-order valence-electron chi connectivity index (χ2n) is 4.76. The van der Waals surface area contributed by atoms with Gasteiger partial charge in [-0.15, -0.1) is 0 Å². The van der Waals surface area contributed by atoms with E-state index >= 15 is 0 Å². The second-order valence-corrected chi connectivity index (χ2v) is 7.36. The first-order chi connectivity index (χ1) is 9.46. The largest absolute Gasteiger partial charge is 0.493 e. The van der Waals surface area contributed by atoms with Gasteiger partial charge in [0.25, 0.3) is 0 Å². The summed E-state index contributed by atoms with van der Waals surface area (Å²) in [4.78, 5) is 0. The van der Waals surface area contributed by atoms with Crippen LogP contribution in [-0.4, -0.2) is 40.2 Å². The molecule has 1 saturated heterocycles. The average Bonchev–Trinajstić information content (AvgIpc) is 2.76. The fraction of sp³-hybridized carbons (Fsp3) is 0.538. The zero-order valence-corrected chi connectivity index (χ0v) is 13.1. The van der Waals surface area contributed by atoms with E-state index in [9.17, 15) is 8.42 Å². The number of ether oxygens (including phenoxy) is 2. The van der Waals surface area contributed by atoms with Gasteiger partial charge in [0.2, 0.25) is 0 Å². The van der Waals surface area contributed by atoms with Crippen molar-refractivity contribution in [2.75, 3.05) is 25.7 Å². The molecule has 1 aliphatic rings. The molecule has 1 atom stereocenters. The predicted octanol–water partition coefficient (Wildman–Crippen LogP) is 1.63. The normalized spacial score (nSPS) is 20.9. The lowest BCUT2D eigenvalue weighted by Gasteiger charge is -2.15. The number of methoxy groups -OCH3 is 2. The van der Waals surface area contributed by atoms with Crippen molar-refractivity contribution in [3.63, 3.8) is 0 Å². The fourth-order valence-electron chi connectivity index (χ4n) is 2.28. The van der Waals surface area contributed by atoms with Crippen LogP contribution in [0.25, 0.3) is 0 Å². The van der Waals surface area contributed by atoms with E-state index in [2.05, 4.69) is 5.32 Å². The van der Waals surface area contributed by atoms with Crippen LogP contribution in [0.5, 0.6) is 11.5 Å². The molecule has 20 heavy (non-hydrogen) atoms. The van der Waals surface area contributed by atoms with Crippen LogP contribution in [0.4, 0.5) is 0 Å². The molecule has 2 rings (SSSR count). The highest BCUT2D eigenvalue weighted by Crippen LogP contribution is 2.37. The van der Waals surface area contributed by atoms with Crippen molar-refractivity contribution in [3.8, 4) is 11.5 Å². The van der Waals surface area contributed by atoms with Gasteiger partial charge in [-0.2, -0.15) is 0 Å². The number of sulfone groups is 1. The molecule has 0 bridgehead atoms. The molecule has 112 valence electrons. The molecule has 1 N–H and O–H groups in total. The summed E-state index contributed by atoms with van der Waals surface area (Å²) in [5.41, 5.74) is 0.855. The molecule has 1 aromatic rings. The lowest BCUT2D eigenvalue weighted by Crippen LogP contribution is -2.29. The van der Waals surface area contributed by atoms with Crippen LogP contribution in [0.2, 0.25) is 5.02 Å². The molecule has 0 saturated carbocycles. The Balaban J connectivity index is 2.07. The van der Waals surface area contributed by atoms with Crippen LogP contribution in [0.3, 0.4) is 0 Å². The van der Waals surface area contributed by atoms with Gasteiger partial charge in [0, 0.05) is 12.6 Å². The molecule has 1 heterocycles. The molecule has 1 fully saturated rings. The number of benzene rings is 1. The van der Waals surface area contributed by atoms with Crippen LogP contribution < -0.4 is 14.8 Å². The molecule has 7 heteroatoms. The number of hydrogen-bond acceptors (Lipinski definition) is 5. The summed E-state index contributed by atoms with van der Waals surface area (Å²) in [6.07, 6.45) is 0.646. The smallest absolute Gasteiger partial charge is 0.179 e. The summed E-state index contributed by atoms with van der Waals surface area (Å²) in [7, 11) is 0.210. The van der Waals surface area contributed by atoms with Crippen LogP contribution in [-0.2, 0) is 16.4 Å². The Bertz CT molecular complexity index is 588. The summed E-state index contributed by atoms with van der Waals surface area (Å²) in [6.45, 7) is 0.499. The first-order valence-electron chi connectivity index (χ1n) is 6.30. The van der Waals surface area contributed by atoms with E-state index in [1.54, 1.807) is 13.2 Å². The zero-order valence-electron chi connectivity index (χ0n) is 11.5. The molecule has 0 amide bonds. The van der Waals surface area contributed by atoms with Gasteiger partial charge in [0.1, 0.15) is 0 Å². The predicted molar refractivity (Wildman–Crippen MR) is 78.5 cm³/mol. The Kier molecular flexibility index (Phi) is 4.78. The summed E-state index contributed by atoms with van der Waals surface area (Å²) in [6, 6.07) is 3.62. The van der Waals surface area contributed by atoms with E-state index in [1.807, 2.05) is 6.07 Å². The first kappa shape index (κ1) is 15.4. The minimum Gasteiger partial charge on any atom is -0.493 e. The minimum atomic E-state index is -2.87. The minimum absolute atomic E-state index is 0.0100. The molecule has 0 aliphatic carbocycles. The maximum atomic E-state index is 11.4. The number of hydrogen-bond donors (Lipinski definition) is 1. The van der Waals surface area contributed by atoms with Crippen LogP contribution >= 0.6 is 11.6 Å². The SMILES string of the molecule is COc1ccc(CN[C@@H]2CCS(=O)(=O)C2)c(Cl)c1OC. The zero-order chi connectivity index (χ0) is 14.8. The third-order valence-electron chi connectivity index (χ3n) is 3.38. The topological polar surface area (TPSA) is 64.6 Å². The molecule has 5 nitrogen and oxygen atoms in total. The summed E-state index contributed by atoms with van der Waals surface area (Å²) >= 11 is 6.27. The van der Waals surface area contributed by atoms with Gasteiger partial charge in [0.15, 0.2) is 21.3 Å². The van der Waals surface area contributed by atoms with Gasteiger partial charge < -0.3 is 14.8 Å². The van der Waals surface area contributed by atoms with Crippen molar-refractivity contribution in [2.45, 2.75) is 19.0 Å². The Labute approximate surface area is 124 Å². The first-order valence-corrected chi connectivity index (χ1v) is 8.50. The molecule has 0 aromatic heterocycles. The third-order valence-corrected chi connectivity index (χ3v) is 5.56. The third kappa shape index (κ3) is 3.37. The Morgan fingerprint density at radius 3 is 2.65 bits per heavy atom. The van der Waals surface area contributed by atoms with E-state index in [0.717, 1.165) is 5.56 Å². The highest BCUT2D eigenvalue weighted by molar-refractivity contribution is 7.91. The molecule has 0 spiro atoms. The number of nitrogens with one attached hydrogen (secondary N) is 1. The summed E-state index contributed by atoms with van der Waals surface area (Å²) in [5, 5.41) is 3.71. The Hall–Kier alpha value is -0.980. The van der Waals surface area contributed by atoms with Gasteiger partial charge >= 0.3 is 0 Å². The van der Waals surface area contributed by atoms with Crippen molar-refractivity contribution < 1.29 is 17.9 Å². The van der Waals surface area contributed by atoms with E-state index in [-0.39, 0.29) is 17.5 Å².